The number of hydrogen-bond acceptors (Lipinski definition) is 11. The maximum absolute atomic E-state index is 14.3. The Bertz CT molecular complexity index is 1130. The highest BCUT2D eigenvalue weighted by Crippen LogP contribution is 2.63. The Morgan fingerprint density at radius 3 is 2.30 bits per heavy atom. The molecule has 0 aromatic heterocycles. The lowest BCUT2D eigenvalue weighted by molar-refractivity contribution is -0.314. The summed E-state index contributed by atoms with van der Waals surface area (Å²) in [6, 6.07) is 0. The van der Waals surface area contributed by atoms with Gasteiger partial charge >= 0.3 is 5.97 Å². The second kappa shape index (κ2) is 14.2. The standard InChI is InChI=1S/C35H55NO10/c1-9-19-11-10-12-26(46-36(4)5)17(2)29(38)24-15-22-21-13-20(44-35-34(41-8)33(40-7)30(39-6)18(3)42-35)14-25(21)31-32(45-31)28(22)23(24)16-27(37)43-19/h15,17-23,25-26,28,30-35H,9-14,16H2,1-8H3/t17-,18?,19+,20+,21+,22+,23-,25-,26+,28-,30+,31-,32+,33?,34?,35+/m1/s1. The second-order valence-electron chi connectivity index (χ2n) is 14.6. The number of methoxy groups -OCH3 is 3. The van der Waals surface area contributed by atoms with E-state index in [2.05, 4.69) is 13.0 Å². The summed E-state index contributed by atoms with van der Waals surface area (Å²) < 4.78 is 42.7. The number of ketones is 1. The quantitative estimate of drug-likeness (QED) is 0.218. The highest BCUT2D eigenvalue weighted by molar-refractivity contribution is 5.99. The summed E-state index contributed by atoms with van der Waals surface area (Å²) >= 11 is 0. The molecule has 16 atom stereocenters. The lowest BCUT2D eigenvalue weighted by Crippen LogP contribution is -2.59. The van der Waals surface area contributed by atoms with Crippen molar-refractivity contribution >= 4 is 11.8 Å². The molecule has 3 unspecified atom stereocenters. The number of rotatable bonds is 8. The van der Waals surface area contributed by atoms with Crippen molar-refractivity contribution in [1.29, 1.82) is 0 Å². The van der Waals surface area contributed by atoms with Crippen LogP contribution < -0.4 is 0 Å². The molecule has 3 saturated heterocycles. The minimum atomic E-state index is -0.595. The monoisotopic (exact) mass is 649 g/mol. The van der Waals surface area contributed by atoms with Gasteiger partial charge in [0.1, 0.15) is 24.4 Å². The molecule has 46 heavy (non-hydrogen) atoms. The molecule has 6 rings (SSSR count). The maximum Gasteiger partial charge on any atom is 0.306 e. The van der Waals surface area contributed by atoms with Crippen LogP contribution >= 0.6 is 0 Å². The number of cyclic esters (lactones) is 1. The molecule has 2 saturated carbocycles. The zero-order chi connectivity index (χ0) is 32.9. The van der Waals surface area contributed by atoms with Crippen LogP contribution in [0.2, 0.25) is 0 Å². The van der Waals surface area contributed by atoms with Gasteiger partial charge in [-0.1, -0.05) is 19.9 Å². The summed E-state index contributed by atoms with van der Waals surface area (Å²) in [7, 11) is 8.68. The molecule has 0 radical (unpaired) electrons. The van der Waals surface area contributed by atoms with Crippen molar-refractivity contribution in [3.63, 3.8) is 0 Å². The summed E-state index contributed by atoms with van der Waals surface area (Å²) in [5.41, 5.74) is 0.761. The summed E-state index contributed by atoms with van der Waals surface area (Å²) in [5.74, 6) is 0.0887. The van der Waals surface area contributed by atoms with Gasteiger partial charge in [-0.15, -0.1) is 0 Å². The van der Waals surface area contributed by atoms with E-state index in [-0.39, 0.29) is 96.6 Å². The van der Waals surface area contributed by atoms with Gasteiger partial charge in [0, 0.05) is 53.2 Å². The molecule has 5 fully saturated rings. The Hall–Kier alpha value is -1.44. The van der Waals surface area contributed by atoms with E-state index in [0.717, 1.165) is 44.1 Å². The Morgan fingerprint density at radius 2 is 1.63 bits per heavy atom. The van der Waals surface area contributed by atoms with Gasteiger partial charge in [-0.25, -0.2) is 0 Å². The van der Waals surface area contributed by atoms with Crippen LogP contribution in [0.25, 0.3) is 0 Å². The van der Waals surface area contributed by atoms with E-state index in [1.165, 1.54) is 0 Å². The average Bonchev–Trinajstić information content (AvgIpc) is 3.56. The second-order valence-corrected chi connectivity index (χ2v) is 14.6. The van der Waals surface area contributed by atoms with E-state index in [0.29, 0.717) is 5.92 Å². The molecule has 0 bridgehead atoms. The molecule has 11 heteroatoms. The third-order valence-corrected chi connectivity index (χ3v) is 11.8. The molecule has 0 spiro atoms. The number of fused-ring (bicyclic) bond motifs is 8. The number of epoxide rings is 1. The molecule has 3 aliphatic heterocycles. The van der Waals surface area contributed by atoms with E-state index in [1.54, 1.807) is 26.4 Å². The molecule has 11 nitrogen and oxygen atoms in total. The average molecular weight is 650 g/mol. The van der Waals surface area contributed by atoms with Gasteiger partial charge in [0.2, 0.25) is 0 Å². The van der Waals surface area contributed by atoms with Crippen molar-refractivity contribution in [3.8, 4) is 0 Å². The molecule has 3 heterocycles. The van der Waals surface area contributed by atoms with E-state index < -0.39 is 12.4 Å². The fourth-order valence-corrected chi connectivity index (χ4v) is 9.58. The first kappa shape index (κ1) is 34.4. The van der Waals surface area contributed by atoms with Crippen LogP contribution in [0.4, 0.5) is 0 Å². The van der Waals surface area contributed by atoms with E-state index in [9.17, 15) is 9.59 Å². The third-order valence-electron chi connectivity index (χ3n) is 11.8. The van der Waals surface area contributed by atoms with Gasteiger partial charge in [0.05, 0.1) is 36.9 Å². The Labute approximate surface area is 273 Å². The molecule has 0 amide bonds. The predicted molar refractivity (Wildman–Crippen MR) is 166 cm³/mol. The molecule has 6 aliphatic rings. The smallest absolute Gasteiger partial charge is 0.306 e. The van der Waals surface area contributed by atoms with Crippen LogP contribution in [-0.4, -0.2) is 113 Å². The minimum absolute atomic E-state index is 0.0290. The number of hydroxylamine groups is 2. The fraction of sp³-hybridized carbons (Fsp3) is 0.886. The normalized spacial score (nSPS) is 47.5. The zero-order valence-corrected chi connectivity index (χ0v) is 28.8. The van der Waals surface area contributed by atoms with Crippen LogP contribution in [-0.2, 0) is 47.6 Å². The van der Waals surface area contributed by atoms with Crippen molar-refractivity contribution in [3.05, 3.63) is 11.6 Å². The number of ether oxygens (including phenoxy) is 7. The largest absolute Gasteiger partial charge is 0.462 e. The summed E-state index contributed by atoms with van der Waals surface area (Å²) in [6.07, 6.45) is 5.00. The number of hydrogen-bond donors (Lipinski definition) is 0. The summed E-state index contributed by atoms with van der Waals surface area (Å²) in [4.78, 5) is 33.9. The Kier molecular flexibility index (Phi) is 10.6. The Morgan fingerprint density at radius 1 is 0.913 bits per heavy atom. The zero-order valence-electron chi connectivity index (χ0n) is 28.8. The van der Waals surface area contributed by atoms with Gasteiger partial charge in [-0.2, -0.15) is 5.06 Å². The number of carbonyl (C=O) groups excluding carboxylic acids is 2. The van der Waals surface area contributed by atoms with Crippen molar-refractivity contribution < 1.29 is 47.6 Å². The summed E-state index contributed by atoms with van der Waals surface area (Å²) in [5, 5.41) is 1.69. The van der Waals surface area contributed by atoms with Crippen LogP contribution in [0.5, 0.6) is 0 Å². The van der Waals surface area contributed by atoms with Gasteiger partial charge in [-0.05, 0) is 68.8 Å². The lowest BCUT2D eigenvalue weighted by Gasteiger charge is -2.44. The highest BCUT2D eigenvalue weighted by Gasteiger charge is 2.66. The van der Waals surface area contributed by atoms with Gasteiger partial charge in [0.15, 0.2) is 12.1 Å². The summed E-state index contributed by atoms with van der Waals surface area (Å²) in [6.45, 7) is 6.01. The molecule has 0 aromatic rings. The van der Waals surface area contributed by atoms with Crippen LogP contribution in [0.1, 0.15) is 65.7 Å². The van der Waals surface area contributed by atoms with Gasteiger partial charge in [-0.3, -0.25) is 14.4 Å². The van der Waals surface area contributed by atoms with Crippen molar-refractivity contribution in [1.82, 2.24) is 5.06 Å². The first-order chi connectivity index (χ1) is 22.1. The molecule has 0 N–H and O–H groups in total. The van der Waals surface area contributed by atoms with Crippen molar-refractivity contribution in [2.75, 3.05) is 35.4 Å². The van der Waals surface area contributed by atoms with E-state index in [1.807, 2.05) is 27.9 Å². The number of carbonyl (C=O) groups is 2. The predicted octanol–water partition coefficient (Wildman–Crippen LogP) is 3.72. The molecule has 0 aromatic carbocycles. The van der Waals surface area contributed by atoms with Gasteiger partial charge in [0.25, 0.3) is 0 Å². The van der Waals surface area contributed by atoms with Crippen LogP contribution in [0.15, 0.2) is 11.6 Å². The van der Waals surface area contributed by atoms with Crippen molar-refractivity contribution in [2.24, 2.45) is 35.5 Å². The van der Waals surface area contributed by atoms with E-state index in [4.69, 9.17) is 38.0 Å². The lowest BCUT2D eigenvalue weighted by atomic mass is 9.66. The first-order valence-electron chi connectivity index (χ1n) is 17.4. The topological polar surface area (TPSA) is 115 Å². The van der Waals surface area contributed by atoms with Gasteiger partial charge < -0.3 is 33.2 Å². The molecule has 260 valence electrons. The fourth-order valence-electron chi connectivity index (χ4n) is 9.58. The molecule has 3 aliphatic carbocycles. The minimum Gasteiger partial charge on any atom is -0.462 e. The SMILES string of the molecule is CC[C@H]1CCC[C@H](ON(C)C)[C@@H](C)C(=O)C2=C[C@H]3[C@@H]4C[C@H](O[C@@H]5OC(C)[C@H](OC)C(OC)C5OC)C[C@H]4[C@H]4O[C@H]4[C@H]3[C@@H]2CC(=O)O1. The van der Waals surface area contributed by atoms with Crippen LogP contribution in [0, 0.1) is 35.5 Å². The molecular formula is C35H55NO10. The number of esters is 1. The van der Waals surface area contributed by atoms with E-state index >= 15 is 0 Å². The molecular weight excluding hydrogens is 594 g/mol. The Balaban J connectivity index is 1.24. The first-order valence-corrected chi connectivity index (χ1v) is 17.4. The number of Topliss-reactive ketones (excluding diaryl/α,β-unsaturated/α-hetero) is 1. The number of nitrogens with zero attached hydrogens (tertiary/aromatic N) is 1. The number of allylic oxidation sites excluding steroid dienone is 2. The van der Waals surface area contributed by atoms with Crippen molar-refractivity contribution in [2.45, 2.75) is 127 Å². The highest BCUT2D eigenvalue weighted by atomic mass is 16.7. The maximum atomic E-state index is 14.3. The van der Waals surface area contributed by atoms with Crippen LogP contribution in [0.3, 0.4) is 0 Å². The third kappa shape index (κ3) is 6.47.